The molecule has 1 amide bonds. The van der Waals surface area contributed by atoms with Gasteiger partial charge >= 0.3 is 0 Å². The number of thiophene rings is 1. The standard InChI is InChI=1S/C18H14BrN5O3S/c1-9-10(2)28-16-15(9)18(27)23(7-21-16)6-14(25)22-24-8-20-13-4-3-11(19)5-12(13)17(24)26/h3-5,7-8H,6H2,1-2H3,(H,22,25). The number of aryl methyl sites for hydroxylation is 2. The summed E-state index contributed by atoms with van der Waals surface area (Å²) in [6.45, 7) is 3.52. The topological polar surface area (TPSA) is 98.9 Å². The minimum absolute atomic E-state index is 0.265. The molecular formula is C18H14BrN5O3S. The van der Waals surface area contributed by atoms with Crippen molar-refractivity contribution in [2.24, 2.45) is 0 Å². The predicted molar refractivity (Wildman–Crippen MR) is 111 cm³/mol. The predicted octanol–water partition coefficient (Wildman–Crippen LogP) is 2.32. The zero-order valence-corrected chi connectivity index (χ0v) is 17.3. The molecule has 3 aromatic heterocycles. The Kier molecular flexibility index (Phi) is 4.60. The summed E-state index contributed by atoms with van der Waals surface area (Å²) in [5.74, 6) is -0.536. The van der Waals surface area contributed by atoms with Crippen molar-refractivity contribution in [3.63, 3.8) is 0 Å². The third kappa shape index (κ3) is 3.14. The third-order valence-electron chi connectivity index (χ3n) is 4.44. The Hall–Kier alpha value is -2.85. The quantitative estimate of drug-likeness (QED) is 0.506. The average molecular weight is 460 g/mol. The molecule has 0 aliphatic carbocycles. The highest BCUT2D eigenvalue weighted by Crippen LogP contribution is 2.25. The summed E-state index contributed by atoms with van der Waals surface area (Å²) in [7, 11) is 0. The zero-order chi connectivity index (χ0) is 20.0. The third-order valence-corrected chi connectivity index (χ3v) is 6.04. The normalized spacial score (nSPS) is 11.2. The first-order valence-electron chi connectivity index (χ1n) is 8.27. The number of nitrogens with zero attached hydrogens (tertiary/aromatic N) is 4. The van der Waals surface area contributed by atoms with E-state index in [0.29, 0.717) is 21.1 Å². The van der Waals surface area contributed by atoms with Crippen LogP contribution in [0.4, 0.5) is 0 Å². The van der Waals surface area contributed by atoms with Gasteiger partial charge in [0.15, 0.2) is 0 Å². The fourth-order valence-electron chi connectivity index (χ4n) is 2.88. The van der Waals surface area contributed by atoms with E-state index in [4.69, 9.17) is 0 Å². The van der Waals surface area contributed by atoms with E-state index in [2.05, 4.69) is 31.3 Å². The van der Waals surface area contributed by atoms with Crippen molar-refractivity contribution in [1.29, 1.82) is 0 Å². The van der Waals surface area contributed by atoms with Gasteiger partial charge in [-0.15, -0.1) is 11.3 Å². The highest BCUT2D eigenvalue weighted by atomic mass is 79.9. The summed E-state index contributed by atoms with van der Waals surface area (Å²) < 4.78 is 2.97. The van der Waals surface area contributed by atoms with E-state index in [0.717, 1.165) is 19.6 Å². The van der Waals surface area contributed by atoms with Gasteiger partial charge in [0.1, 0.15) is 17.7 Å². The minimum atomic E-state index is -0.536. The van der Waals surface area contributed by atoms with Gasteiger partial charge in [0.05, 0.1) is 22.6 Å². The lowest BCUT2D eigenvalue weighted by Gasteiger charge is -2.10. The van der Waals surface area contributed by atoms with Gasteiger partial charge in [-0.25, -0.2) is 14.6 Å². The van der Waals surface area contributed by atoms with Gasteiger partial charge in [-0.2, -0.15) is 0 Å². The van der Waals surface area contributed by atoms with E-state index in [1.54, 1.807) is 18.2 Å². The molecule has 4 aromatic rings. The Bertz CT molecular complexity index is 1370. The van der Waals surface area contributed by atoms with Crippen molar-refractivity contribution in [3.05, 3.63) is 66.5 Å². The molecule has 0 aliphatic rings. The second kappa shape index (κ2) is 6.95. The van der Waals surface area contributed by atoms with Crippen LogP contribution >= 0.6 is 27.3 Å². The van der Waals surface area contributed by atoms with Crippen LogP contribution in [0.25, 0.3) is 21.1 Å². The van der Waals surface area contributed by atoms with Gasteiger partial charge in [-0.05, 0) is 37.6 Å². The summed E-state index contributed by atoms with van der Waals surface area (Å²) in [5.41, 5.74) is 3.16. The van der Waals surface area contributed by atoms with E-state index >= 15 is 0 Å². The van der Waals surface area contributed by atoms with E-state index in [1.165, 1.54) is 28.6 Å². The second-order valence-corrected chi connectivity index (χ2v) is 8.38. The van der Waals surface area contributed by atoms with Crippen LogP contribution in [-0.4, -0.2) is 25.1 Å². The van der Waals surface area contributed by atoms with E-state index < -0.39 is 11.5 Å². The molecule has 3 heterocycles. The first-order valence-corrected chi connectivity index (χ1v) is 9.88. The van der Waals surface area contributed by atoms with Gasteiger partial charge < -0.3 is 0 Å². The van der Waals surface area contributed by atoms with Crippen LogP contribution in [0.3, 0.4) is 0 Å². The first-order chi connectivity index (χ1) is 13.3. The Balaban J connectivity index is 1.64. The summed E-state index contributed by atoms with van der Waals surface area (Å²) >= 11 is 4.76. The van der Waals surface area contributed by atoms with Crippen molar-refractivity contribution >= 4 is 54.3 Å². The molecular weight excluding hydrogens is 446 g/mol. The molecule has 1 N–H and O–H groups in total. The smallest absolute Gasteiger partial charge is 0.280 e. The number of amides is 1. The van der Waals surface area contributed by atoms with E-state index in [9.17, 15) is 14.4 Å². The van der Waals surface area contributed by atoms with Gasteiger partial charge in [-0.1, -0.05) is 15.9 Å². The summed E-state index contributed by atoms with van der Waals surface area (Å²) in [5, 5.41) is 0.883. The van der Waals surface area contributed by atoms with E-state index in [1.807, 2.05) is 13.8 Å². The number of aromatic nitrogens is 4. The largest absolute Gasteiger partial charge is 0.289 e. The summed E-state index contributed by atoms with van der Waals surface area (Å²) in [6, 6.07) is 5.12. The van der Waals surface area contributed by atoms with Crippen LogP contribution in [-0.2, 0) is 11.3 Å². The van der Waals surface area contributed by atoms with Crippen LogP contribution in [0.1, 0.15) is 10.4 Å². The maximum atomic E-state index is 12.7. The maximum Gasteiger partial charge on any atom is 0.280 e. The molecule has 0 radical (unpaired) electrons. The van der Waals surface area contributed by atoms with Crippen molar-refractivity contribution < 1.29 is 4.79 Å². The first kappa shape index (κ1) is 18.5. The van der Waals surface area contributed by atoms with Crippen molar-refractivity contribution in [3.8, 4) is 0 Å². The Morgan fingerprint density at radius 2 is 1.96 bits per heavy atom. The number of halogens is 1. The molecule has 0 fully saturated rings. The number of fused-ring (bicyclic) bond motifs is 2. The highest BCUT2D eigenvalue weighted by Gasteiger charge is 2.14. The van der Waals surface area contributed by atoms with Gasteiger partial charge in [0.2, 0.25) is 0 Å². The van der Waals surface area contributed by atoms with Gasteiger partial charge in [0.25, 0.3) is 17.0 Å². The summed E-state index contributed by atoms with van der Waals surface area (Å²) in [6.07, 6.45) is 2.59. The van der Waals surface area contributed by atoms with Crippen molar-refractivity contribution in [2.45, 2.75) is 20.4 Å². The van der Waals surface area contributed by atoms with Crippen LogP contribution in [0.15, 0.2) is 44.9 Å². The molecule has 0 unspecified atom stereocenters. The lowest BCUT2D eigenvalue weighted by Crippen LogP contribution is -2.37. The van der Waals surface area contributed by atoms with Crippen LogP contribution in [0.2, 0.25) is 0 Å². The number of carbonyl (C=O) groups is 1. The fourth-order valence-corrected chi connectivity index (χ4v) is 4.23. The second-order valence-electron chi connectivity index (χ2n) is 6.26. The van der Waals surface area contributed by atoms with Crippen LogP contribution < -0.4 is 16.5 Å². The number of hydrogen-bond donors (Lipinski definition) is 1. The molecule has 0 saturated carbocycles. The number of benzene rings is 1. The van der Waals surface area contributed by atoms with Crippen molar-refractivity contribution in [1.82, 2.24) is 19.2 Å². The van der Waals surface area contributed by atoms with Gasteiger partial charge in [0, 0.05) is 9.35 Å². The Morgan fingerprint density at radius 1 is 1.18 bits per heavy atom. The number of nitrogens with one attached hydrogen (secondary N) is 1. The molecule has 0 atom stereocenters. The van der Waals surface area contributed by atoms with Crippen molar-refractivity contribution in [2.75, 3.05) is 5.43 Å². The molecule has 1 aromatic carbocycles. The molecule has 0 saturated heterocycles. The molecule has 28 heavy (non-hydrogen) atoms. The molecule has 4 rings (SSSR count). The van der Waals surface area contributed by atoms with Crippen LogP contribution in [0.5, 0.6) is 0 Å². The maximum absolute atomic E-state index is 12.7. The van der Waals surface area contributed by atoms with Crippen LogP contribution in [0, 0.1) is 13.8 Å². The molecule has 142 valence electrons. The molecule has 0 bridgehead atoms. The SMILES string of the molecule is Cc1sc2ncn(CC(=O)Nn3cnc4ccc(Br)cc4c3=O)c(=O)c2c1C. The number of rotatable bonds is 3. The Morgan fingerprint density at radius 3 is 2.75 bits per heavy atom. The average Bonchev–Trinajstić information content (AvgIpc) is 2.95. The molecule has 0 spiro atoms. The van der Waals surface area contributed by atoms with Gasteiger partial charge in [-0.3, -0.25) is 24.4 Å². The highest BCUT2D eigenvalue weighted by molar-refractivity contribution is 9.10. The molecule has 8 nitrogen and oxygen atoms in total. The fraction of sp³-hybridized carbons (Fsp3) is 0.167. The minimum Gasteiger partial charge on any atom is -0.289 e. The van der Waals surface area contributed by atoms with E-state index in [-0.39, 0.29) is 12.1 Å². The number of carbonyl (C=O) groups excluding carboxylic acids is 1. The monoisotopic (exact) mass is 459 g/mol. The molecule has 10 heteroatoms. The number of hydrogen-bond acceptors (Lipinski definition) is 6. The summed E-state index contributed by atoms with van der Waals surface area (Å²) in [4.78, 5) is 47.8. The Labute approximate surface area is 170 Å². The lowest BCUT2D eigenvalue weighted by molar-refractivity contribution is -0.117. The zero-order valence-electron chi connectivity index (χ0n) is 14.9. The lowest BCUT2D eigenvalue weighted by atomic mass is 10.2. The molecule has 0 aliphatic heterocycles.